The van der Waals surface area contributed by atoms with Crippen molar-refractivity contribution in [1.29, 1.82) is 0 Å². The zero-order valence-electron chi connectivity index (χ0n) is 15.2. The molecular weight excluding hydrogens is 350 g/mol. The molecule has 0 spiro atoms. The van der Waals surface area contributed by atoms with Crippen LogP contribution in [0.15, 0.2) is 30.0 Å². The van der Waals surface area contributed by atoms with E-state index in [0.29, 0.717) is 22.5 Å². The highest BCUT2D eigenvalue weighted by molar-refractivity contribution is 6.31. The lowest BCUT2D eigenvalue weighted by Crippen LogP contribution is -2.08. The monoisotopic (exact) mass is 373 g/mol. The Morgan fingerprint density at radius 3 is 2.92 bits per heavy atom. The van der Waals surface area contributed by atoms with Crippen molar-refractivity contribution in [2.24, 2.45) is 0 Å². The van der Waals surface area contributed by atoms with E-state index in [1.54, 1.807) is 19.4 Å². The normalized spacial score (nSPS) is 13.9. The van der Waals surface area contributed by atoms with Crippen molar-refractivity contribution < 1.29 is 4.74 Å². The third-order valence-corrected chi connectivity index (χ3v) is 4.83. The molecule has 0 atom stereocenters. The number of allylic oxidation sites excluding steroid dienone is 1. The second kappa shape index (κ2) is 8.85. The highest BCUT2D eigenvalue weighted by Crippen LogP contribution is 2.32. The minimum atomic E-state index is 0.409. The number of anilines is 3. The third-order valence-electron chi connectivity index (χ3n) is 4.42. The summed E-state index contributed by atoms with van der Waals surface area (Å²) < 4.78 is 5.37. The Morgan fingerprint density at radius 2 is 2.15 bits per heavy atom. The minimum absolute atomic E-state index is 0.409. The number of methoxy groups -OCH3 is 1. The van der Waals surface area contributed by atoms with Crippen molar-refractivity contribution in [1.82, 2.24) is 15.2 Å². The highest BCUT2D eigenvalue weighted by Gasteiger charge is 2.10. The highest BCUT2D eigenvalue weighted by atomic mass is 35.5. The number of nitrogens with zero attached hydrogens (tertiary/aromatic N) is 3. The van der Waals surface area contributed by atoms with Gasteiger partial charge in [0.15, 0.2) is 5.82 Å². The molecule has 0 saturated carbocycles. The fourth-order valence-electron chi connectivity index (χ4n) is 2.97. The smallest absolute Gasteiger partial charge is 0.249 e. The van der Waals surface area contributed by atoms with Crippen LogP contribution in [0.4, 0.5) is 17.5 Å². The maximum atomic E-state index is 6.15. The second-order valence-electron chi connectivity index (χ2n) is 6.38. The largest absolute Gasteiger partial charge is 0.495 e. The van der Waals surface area contributed by atoms with Gasteiger partial charge < -0.3 is 15.4 Å². The van der Waals surface area contributed by atoms with E-state index in [2.05, 4.69) is 31.9 Å². The summed E-state index contributed by atoms with van der Waals surface area (Å²) in [4.78, 5) is 4.47. The predicted molar refractivity (Wildman–Crippen MR) is 106 cm³/mol. The van der Waals surface area contributed by atoms with Gasteiger partial charge in [0.1, 0.15) is 5.75 Å². The summed E-state index contributed by atoms with van der Waals surface area (Å²) in [5.74, 6) is 1.74. The Bertz CT molecular complexity index is 793. The van der Waals surface area contributed by atoms with E-state index in [9.17, 15) is 0 Å². The van der Waals surface area contributed by atoms with Crippen LogP contribution in [0.3, 0.4) is 0 Å². The number of halogens is 1. The molecule has 0 fully saturated rings. The number of hydrogen-bond donors (Lipinski definition) is 2. The first-order valence-electron chi connectivity index (χ1n) is 8.88. The van der Waals surface area contributed by atoms with E-state index in [4.69, 9.17) is 16.3 Å². The molecule has 0 amide bonds. The summed E-state index contributed by atoms with van der Waals surface area (Å²) in [6, 6.07) is 3.67. The van der Waals surface area contributed by atoms with Gasteiger partial charge >= 0.3 is 0 Å². The molecular formula is C19H24ClN5O. The van der Waals surface area contributed by atoms with E-state index in [0.717, 1.165) is 24.2 Å². The van der Waals surface area contributed by atoms with Crippen LogP contribution in [0.2, 0.25) is 5.02 Å². The molecule has 1 aliphatic carbocycles. The van der Waals surface area contributed by atoms with Crippen LogP contribution in [0.5, 0.6) is 5.75 Å². The Balaban J connectivity index is 1.64. The molecule has 0 unspecified atom stereocenters. The number of ether oxygens (including phenoxy) is 1. The fraction of sp³-hybridized carbons (Fsp3) is 0.421. The van der Waals surface area contributed by atoms with Crippen LogP contribution in [0.25, 0.3) is 0 Å². The van der Waals surface area contributed by atoms with Gasteiger partial charge in [-0.2, -0.15) is 10.1 Å². The summed E-state index contributed by atoms with van der Waals surface area (Å²) in [6.45, 7) is 2.78. The van der Waals surface area contributed by atoms with Crippen molar-refractivity contribution in [3.05, 3.63) is 40.6 Å². The van der Waals surface area contributed by atoms with Gasteiger partial charge in [-0.1, -0.05) is 23.3 Å². The van der Waals surface area contributed by atoms with Crippen LogP contribution < -0.4 is 15.4 Å². The molecule has 2 aromatic rings. The average molecular weight is 374 g/mol. The summed E-state index contributed by atoms with van der Waals surface area (Å²) in [6.07, 6.45) is 10.1. The van der Waals surface area contributed by atoms with E-state index >= 15 is 0 Å². The zero-order valence-corrected chi connectivity index (χ0v) is 15.9. The molecule has 138 valence electrons. The maximum Gasteiger partial charge on any atom is 0.249 e. The van der Waals surface area contributed by atoms with E-state index in [1.165, 1.54) is 31.3 Å². The Morgan fingerprint density at radius 1 is 1.27 bits per heavy atom. The van der Waals surface area contributed by atoms with Gasteiger partial charge in [-0.3, -0.25) is 0 Å². The lowest BCUT2D eigenvalue weighted by atomic mass is 9.97. The van der Waals surface area contributed by atoms with Crippen LogP contribution >= 0.6 is 11.6 Å². The average Bonchev–Trinajstić information content (AvgIpc) is 2.66. The standard InChI is InChI=1S/C19H24ClN5O/c1-13-10-16(17(26-2)11-15(13)20)23-19-24-18(12-22-25-19)21-9-8-14-6-4-3-5-7-14/h6,10-12H,3-5,7-9H2,1-2H3,(H2,21,23,24,25). The number of aryl methyl sites for hydroxylation is 1. The molecule has 6 nitrogen and oxygen atoms in total. The third kappa shape index (κ3) is 4.85. The number of benzene rings is 1. The molecule has 2 N–H and O–H groups in total. The zero-order chi connectivity index (χ0) is 18.4. The van der Waals surface area contributed by atoms with E-state index < -0.39 is 0 Å². The second-order valence-corrected chi connectivity index (χ2v) is 6.78. The maximum absolute atomic E-state index is 6.15. The molecule has 1 aromatic heterocycles. The van der Waals surface area contributed by atoms with Gasteiger partial charge in [-0.25, -0.2) is 0 Å². The van der Waals surface area contributed by atoms with Gasteiger partial charge in [0, 0.05) is 17.6 Å². The molecule has 1 aromatic carbocycles. The molecule has 0 aliphatic heterocycles. The molecule has 1 heterocycles. The van der Waals surface area contributed by atoms with Gasteiger partial charge in [0.05, 0.1) is 19.0 Å². The molecule has 7 heteroatoms. The summed E-state index contributed by atoms with van der Waals surface area (Å²) >= 11 is 6.15. The van der Waals surface area contributed by atoms with Crippen molar-refractivity contribution in [3.63, 3.8) is 0 Å². The summed E-state index contributed by atoms with van der Waals surface area (Å²) in [5, 5.41) is 15.2. The molecule has 26 heavy (non-hydrogen) atoms. The minimum Gasteiger partial charge on any atom is -0.495 e. The molecule has 0 saturated heterocycles. The number of aromatic nitrogens is 3. The molecule has 3 rings (SSSR count). The summed E-state index contributed by atoms with van der Waals surface area (Å²) in [5.41, 5.74) is 3.23. The number of nitrogens with one attached hydrogen (secondary N) is 2. The quantitative estimate of drug-likeness (QED) is 0.673. The van der Waals surface area contributed by atoms with Gasteiger partial charge in [0.2, 0.25) is 5.95 Å². The van der Waals surface area contributed by atoms with E-state index in [-0.39, 0.29) is 0 Å². The SMILES string of the molecule is COc1cc(Cl)c(C)cc1Nc1nncc(NCCC2=CCCCC2)n1. The first kappa shape index (κ1) is 18.5. The molecule has 0 bridgehead atoms. The lowest BCUT2D eigenvalue weighted by Gasteiger charge is -2.14. The first-order chi connectivity index (χ1) is 12.7. The molecule has 1 aliphatic rings. The van der Waals surface area contributed by atoms with Gasteiger partial charge in [-0.15, -0.1) is 5.10 Å². The molecule has 0 radical (unpaired) electrons. The van der Waals surface area contributed by atoms with Crippen LogP contribution in [0, 0.1) is 6.92 Å². The Labute approximate surface area is 159 Å². The van der Waals surface area contributed by atoms with Crippen molar-refractivity contribution in [2.45, 2.75) is 39.0 Å². The fourth-order valence-corrected chi connectivity index (χ4v) is 3.13. The van der Waals surface area contributed by atoms with Gasteiger partial charge in [-0.05, 0) is 50.7 Å². The lowest BCUT2D eigenvalue weighted by molar-refractivity contribution is 0.416. The van der Waals surface area contributed by atoms with Crippen LogP contribution in [-0.2, 0) is 0 Å². The predicted octanol–water partition coefficient (Wildman–Crippen LogP) is 4.89. The van der Waals surface area contributed by atoms with Crippen molar-refractivity contribution in [2.75, 3.05) is 24.3 Å². The first-order valence-corrected chi connectivity index (χ1v) is 9.26. The van der Waals surface area contributed by atoms with Crippen LogP contribution in [-0.4, -0.2) is 28.8 Å². The van der Waals surface area contributed by atoms with E-state index in [1.807, 2.05) is 13.0 Å². The number of hydrogen-bond acceptors (Lipinski definition) is 6. The Hall–Kier alpha value is -2.34. The van der Waals surface area contributed by atoms with Crippen molar-refractivity contribution >= 4 is 29.1 Å². The van der Waals surface area contributed by atoms with Crippen molar-refractivity contribution in [3.8, 4) is 5.75 Å². The number of rotatable bonds is 7. The Kier molecular flexibility index (Phi) is 6.28. The van der Waals surface area contributed by atoms with Gasteiger partial charge in [0.25, 0.3) is 0 Å². The summed E-state index contributed by atoms with van der Waals surface area (Å²) in [7, 11) is 1.60. The topological polar surface area (TPSA) is 72.0 Å². The van der Waals surface area contributed by atoms with Crippen LogP contribution in [0.1, 0.15) is 37.7 Å².